The quantitative estimate of drug-likeness (QED) is 0.731. The first-order chi connectivity index (χ1) is 8.24. The summed E-state index contributed by atoms with van der Waals surface area (Å²) in [5.74, 6) is 0.369. The van der Waals surface area contributed by atoms with Crippen molar-refractivity contribution in [2.24, 2.45) is 0 Å². The predicted octanol–water partition coefficient (Wildman–Crippen LogP) is 2.08. The van der Waals surface area contributed by atoms with Gasteiger partial charge in [-0.05, 0) is 37.1 Å². The number of carbonyl (C=O) groups excluding carboxylic acids is 1. The van der Waals surface area contributed by atoms with Crippen LogP contribution < -0.4 is 4.74 Å². The van der Waals surface area contributed by atoms with Gasteiger partial charge in [0.25, 0.3) is 0 Å². The number of aryl methyl sites for hydroxylation is 1. The van der Waals surface area contributed by atoms with Gasteiger partial charge in [0.05, 0.1) is 12.2 Å². The normalized spacial score (nSPS) is 17.5. The minimum absolute atomic E-state index is 0.322. The molecule has 88 valence electrons. The summed E-state index contributed by atoms with van der Waals surface area (Å²) in [5, 5.41) is 8.78. The first-order valence-corrected chi connectivity index (χ1v) is 5.61. The average Bonchev–Trinajstić information content (AvgIpc) is 2.37. The van der Waals surface area contributed by atoms with Gasteiger partial charge in [0, 0.05) is 6.42 Å². The zero-order chi connectivity index (χ0) is 12.3. The third-order valence-corrected chi connectivity index (χ3v) is 2.66. The summed E-state index contributed by atoms with van der Waals surface area (Å²) < 4.78 is 10.4. The second-order valence-corrected chi connectivity index (χ2v) is 3.82. The molecule has 0 bridgehead atoms. The van der Waals surface area contributed by atoms with Crippen molar-refractivity contribution in [1.82, 2.24) is 0 Å². The summed E-state index contributed by atoms with van der Waals surface area (Å²) in [7, 11) is 0. The molecule has 4 nitrogen and oxygen atoms in total. The number of benzene rings is 1. The van der Waals surface area contributed by atoms with Crippen molar-refractivity contribution in [2.45, 2.75) is 25.9 Å². The molecule has 4 heteroatoms. The number of nitrogens with zero attached hydrogens (tertiary/aromatic N) is 1. The van der Waals surface area contributed by atoms with Crippen LogP contribution in [0.1, 0.15) is 29.3 Å². The van der Waals surface area contributed by atoms with Crippen LogP contribution in [0.4, 0.5) is 0 Å². The Morgan fingerprint density at radius 1 is 1.65 bits per heavy atom. The van der Waals surface area contributed by atoms with Crippen LogP contribution >= 0.6 is 0 Å². The van der Waals surface area contributed by atoms with Crippen molar-refractivity contribution in [3.63, 3.8) is 0 Å². The van der Waals surface area contributed by atoms with Crippen LogP contribution in [0.2, 0.25) is 0 Å². The Bertz CT molecular complexity index is 476. The predicted molar refractivity (Wildman–Crippen MR) is 60.7 cm³/mol. The van der Waals surface area contributed by atoms with Gasteiger partial charge >= 0.3 is 5.97 Å². The summed E-state index contributed by atoms with van der Waals surface area (Å²) in [6.45, 7) is 2.14. The molecule has 1 heterocycles. The molecule has 0 aliphatic carbocycles. The summed E-state index contributed by atoms with van der Waals surface area (Å²) in [5.41, 5.74) is 1.49. The first kappa shape index (κ1) is 11.5. The maximum Gasteiger partial charge on any atom is 0.338 e. The summed E-state index contributed by atoms with van der Waals surface area (Å²) >= 11 is 0. The van der Waals surface area contributed by atoms with Crippen LogP contribution in [-0.4, -0.2) is 18.7 Å². The molecule has 1 unspecified atom stereocenters. The van der Waals surface area contributed by atoms with Crippen molar-refractivity contribution >= 4 is 5.97 Å². The average molecular weight is 231 g/mol. The highest BCUT2D eigenvalue weighted by Gasteiger charge is 2.20. The zero-order valence-corrected chi connectivity index (χ0v) is 9.60. The topological polar surface area (TPSA) is 59.3 Å². The minimum atomic E-state index is -0.379. The number of ether oxygens (including phenoxy) is 2. The van der Waals surface area contributed by atoms with Gasteiger partial charge in [-0.2, -0.15) is 5.26 Å². The van der Waals surface area contributed by atoms with Crippen LogP contribution in [0.5, 0.6) is 5.75 Å². The molecule has 1 aromatic carbocycles. The summed E-state index contributed by atoms with van der Waals surface area (Å²) in [6.07, 6.45) is 1.03. The molecule has 1 atom stereocenters. The van der Waals surface area contributed by atoms with E-state index in [4.69, 9.17) is 14.7 Å². The molecule has 0 N–H and O–H groups in total. The lowest BCUT2D eigenvalue weighted by Gasteiger charge is -2.21. The van der Waals surface area contributed by atoms with Gasteiger partial charge in [-0.15, -0.1) is 0 Å². The number of nitriles is 1. The van der Waals surface area contributed by atoms with E-state index in [2.05, 4.69) is 6.07 Å². The molecule has 17 heavy (non-hydrogen) atoms. The largest absolute Gasteiger partial charge is 0.475 e. The number of hydrogen-bond acceptors (Lipinski definition) is 4. The van der Waals surface area contributed by atoms with Gasteiger partial charge in [-0.1, -0.05) is 0 Å². The van der Waals surface area contributed by atoms with Crippen LogP contribution in [-0.2, 0) is 11.2 Å². The number of rotatable bonds is 2. The van der Waals surface area contributed by atoms with Gasteiger partial charge < -0.3 is 9.47 Å². The van der Waals surface area contributed by atoms with Crippen LogP contribution in [0.3, 0.4) is 0 Å². The standard InChI is InChI=1S/C13H13NO3/c1-2-16-13(15)10-4-6-12-9(7-10)3-5-11(8-14)17-12/h4,6-7,11H,2-3,5H2,1H3. The van der Waals surface area contributed by atoms with Gasteiger partial charge in [-0.3, -0.25) is 0 Å². The van der Waals surface area contributed by atoms with Crippen molar-refractivity contribution in [3.8, 4) is 11.8 Å². The molecule has 0 saturated heterocycles. The highest BCUT2D eigenvalue weighted by molar-refractivity contribution is 5.89. The number of carbonyl (C=O) groups is 1. The third kappa shape index (κ3) is 2.39. The Balaban J connectivity index is 2.22. The number of fused-ring (bicyclic) bond motifs is 1. The zero-order valence-electron chi connectivity index (χ0n) is 9.60. The SMILES string of the molecule is CCOC(=O)c1ccc2c(c1)CCC(C#N)O2. The molecule has 2 rings (SSSR count). The van der Waals surface area contributed by atoms with Crippen LogP contribution in [0.15, 0.2) is 18.2 Å². The molecule has 0 saturated carbocycles. The first-order valence-electron chi connectivity index (χ1n) is 5.61. The van der Waals surface area contributed by atoms with E-state index < -0.39 is 0 Å². The summed E-state index contributed by atoms with van der Waals surface area (Å²) in [4.78, 5) is 11.5. The molecular weight excluding hydrogens is 218 g/mol. The van der Waals surface area contributed by atoms with E-state index in [1.54, 1.807) is 25.1 Å². The number of hydrogen-bond donors (Lipinski definition) is 0. The number of esters is 1. The lowest BCUT2D eigenvalue weighted by molar-refractivity contribution is 0.0526. The monoisotopic (exact) mass is 231 g/mol. The fourth-order valence-electron chi connectivity index (χ4n) is 1.82. The molecule has 1 aliphatic heterocycles. The molecule has 0 fully saturated rings. The van der Waals surface area contributed by atoms with Crippen LogP contribution in [0, 0.1) is 11.3 Å². The van der Waals surface area contributed by atoms with Gasteiger partial charge in [0.2, 0.25) is 0 Å². The van der Waals surface area contributed by atoms with E-state index in [1.165, 1.54) is 0 Å². The second-order valence-electron chi connectivity index (χ2n) is 3.82. The van der Waals surface area contributed by atoms with Crippen molar-refractivity contribution in [3.05, 3.63) is 29.3 Å². The fourth-order valence-corrected chi connectivity index (χ4v) is 1.82. The lowest BCUT2D eigenvalue weighted by atomic mass is 10.0. The summed E-state index contributed by atoms with van der Waals surface area (Å²) in [6, 6.07) is 7.26. The Hall–Kier alpha value is -2.02. The maximum absolute atomic E-state index is 11.5. The Morgan fingerprint density at radius 2 is 2.47 bits per heavy atom. The Morgan fingerprint density at radius 3 is 3.18 bits per heavy atom. The Kier molecular flexibility index (Phi) is 3.29. The van der Waals surface area contributed by atoms with E-state index in [1.807, 2.05) is 0 Å². The molecular formula is C13H13NO3. The molecule has 1 aliphatic rings. The molecule has 0 aromatic heterocycles. The van der Waals surface area contributed by atoms with Crippen molar-refractivity contribution in [1.29, 1.82) is 5.26 Å². The second kappa shape index (κ2) is 4.88. The Labute approximate surface area is 99.8 Å². The minimum Gasteiger partial charge on any atom is -0.475 e. The third-order valence-electron chi connectivity index (χ3n) is 2.66. The highest BCUT2D eigenvalue weighted by Crippen LogP contribution is 2.28. The van der Waals surface area contributed by atoms with Gasteiger partial charge in [0.1, 0.15) is 11.8 Å². The van der Waals surface area contributed by atoms with Crippen molar-refractivity contribution in [2.75, 3.05) is 6.61 Å². The van der Waals surface area contributed by atoms with E-state index in [0.717, 1.165) is 12.0 Å². The van der Waals surface area contributed by atoms with E-state index in [9.17, 15) is 4.79 Å². The molecule has 0 radical (unpaired) electrons. The highest BCUT2D eigenvalue weighted by atomic mass is 16.5. The maximum atomic E-state index is 11.5. The van der Waals surface area contributed by atoms with Crippen molar-refractivity contribution < 1.29 is 14.3 Å². The van der Waals surface area contributed by atoms with E-state index in [-0.39, 0.29) is 12.1 Å². The van der Waals surface area contributed by atoms with E-state index in [0.29, 0.717) is 24.3 Å². The fraction of sp³-hybridized carbons (Fsp3) is 0.385. The molecule has 1 aromatic rings. The smallest absolute Gasteiger partial charge is 0.338 e. The van der Waals surface area contributed by atoms with Gasteiger partial charge in [-0.25, -0.2) is 4.79 Å². The van der Waals surface area contributed by atoms with E-state index >= 15 is 0 Å². The van der Waals surface area contributed by atoms with Gasteiger partial charge in [0.15, 0.2) is 6.10 Å². The molecule has 0 amide bonds. The molecule has 0 spiro atoms. The van der Waals surface area contributed by atoms with Crippen LogP contribution in [0.25, 0.3) is 0 Å². The lowest BCUT2D eigenvalue weighted by Crippen LogP contribution is -2.21.